The van der Waals surface area contributed by atoms with Crippen LogP contribution < -0.4 is 0 Å². The van der Waals surface area contributed by atoms with Crippen LogP contribution in [0.4, 0.5) is 30.7 Å². The molecule has 0 aromatic carbocycles. The summed E-state index contributed by atoms with van der Waals surface area (Å²) in [5.41, 5.74) is -4.50. The molecule has 1 saturated heterocycles. The van der Waals surface area contributed by atoms with Crippen LogP contribution in [0.3, 0.4) is 0 Å². The first kappa shape index (κ1) is 21.0. The molecule has 0 radical (unpaired) electrons. The van der Waals surface area contributed by atoms with E-state index in [1.54, 1.807) is 0 Å². The number of nitriles is 1. The lowest BCUT2D eigenvalue weighted by atomic mass is 9.85. The van der Waals surface area contributed by atoms with Crippen LogP contribution in [0.25, 0.3) is 0 Å². The van der Waals surface area contributed by atoms with E-state index in [1.165, 1.54) is 0 Å². The van der Waals surface area contributed by atoms with Crippen molar-refractivity contribution in [2.24, 2.45) is 0 Å². The number of ether oxygens (including phenoxy) is 2. The van der Waals surface area contributed by atoms with Crippen molar-refractivity contribution in [2.75, 3.05) is 13.2 Å². The van der Waals surface area contributed by atoms with Gasteiger partial charge in [0.25, 0.3) is 5.67 Å². The molecule has 1 saturated carbocycles. The fourth-order valence-electron chi connectivity index (χ4n) is 3.28. The van der Waals surface area contributed by atoms with Crippen molar-refractivity contribution in [1.82, 2.24) is 0 Å². The number of allylic oxidation sites excluding steroid dienone is 2. The number of hydrogen-bond donors (Lipinski definition) is 0. The predicted molar refractivity (Wildman–Crippen MR) is 75.5 cm³/mol. The lowest BCUT2D eigenvalue weighted by Crippen LogP contribution is -2.53. The van der Waals surface area contributed by atoms with Crippen LogP contribution in [0.2, 0.25) is 0 Å². The lowest BCUT2D eigenvalue weighted by molar-refractivity contribution is -0.343. The minimum atomic E-state index is -6.06. The molecule has 2 aliphatic rings. The monoisotopic (exact) mass is 389 g/mol. The standard InChI is InChI=1S/C16H18F7NO2/c17-14(15(18,19)20,16(21,22)23)5-1-2-12(10-24)11-3-6-13(7-4-11)25-8-9-26-13/h1-9H2. The number of alkyl halides is 7. The SMILES string of the molecule is N#CC(CCCC(F)(C(F)(F)F)C(F)(F)F)=C1CCC2(CC1)OCCO2. The largest absolute Gasteiger partial charge is 0.431 e. The highest BCUT2D eigenvalue weighted by Gasteiger charge is 2.71. The molecule has 1 spiro atoms. The van der Waals surface area contributed by atoms with E-state index in [1.807, 2.05) is 6.07 Å². The van der Waals surface area contributed by atoms with Gasteiger partial charge in [-0.1, -0.05) is 5.57 Å². The molecule has 0 amide bonds. The van der Waals surface area contributed by atoms with Crippen LogP contribution in [0.15, 0.2) is 11.1 Å². The third-order valence-corrected chi connectivity index (χ3v) is 4.84. The summed E-state index contributed by atoms with van der Waals surface area (Å²) in [6.07, 6.45) is -13.2. The molecule has 26 heavy (non-hydrogen) atoms. The van der Waals surface area contributed by atoms with Crippen molar-refractivity contribution in [3.8, 4) is 6.07 Å². The Kier molecular flexibility index (Phi) is 5.93. The first-order valence-electron chi connectivity index (χ1n) is 8.15. The molecule has 1 heterocycles. The maximum absolute atomic E-state index is 13.6. The zero-order valence-corrected chi connectivity index (χ0v) is 13.8. The second-order valence-electron chi connectivity index (χ2n) is 6.45. The van der Waals surface area contributed by atoms with Gasteiger partial charge in [-0.25, -0.2) is 4.39 Å². The zero-order valence-electron chi connectivity index (χ0n) is 13.8. The summed E-state index contributed by atoms with van der Waals surface area (Å²) >= 11 is 0. The van der Waals surface area contributed by atoms with Crippen LogP contribution in [-0.4, -0.2) is 37.0 Å². The van der Waals surface area contributed by atoms with Gasteiger partial charge in [-0.3, -0.25) is 0 Å². The van der Waals surface area contributed by atoms with E-state index >= 15 is 0 Å². The van der Waals surface area contributed by atoms with Crippen molar-refractivity contribution in [1.29, 1.82) is 5.26 Å². The van der Waals surface area contributed by atoms with Crippen LogP contribution in [-0.2, 0) is 9.47 Å². The maximum atomic E-state index is 13.6. The van der Waals surface area contributed by atoms with E-state index < -0.39 is 36.7 Å². The third kappa shape index (κ3) is 4.14. The Balaban J connectivity index is 2.00. The van der Waals surface area contributed by atoms with Crippen molar-refractivity contribution in [2.45, 2.75) is 68.8 Å². The van der Waals surface area contributed by atoms with Gasteiger partial charge in [0.05, 0.1) is 19.3 Å². The molecule has 1 aliphatic carbocycles. The molecular formula is C16H18F7NO2. The fourth-order valence-corrected chi connectivity index (χ4v) is 3.28. The molecule has 0 N–H and O–H groups in total. The van der Waals surface area contributed by atoms with E-state index in [4.69, 9.17) is 9.47 Å². The fraction of sp³-hybridized carbons (Fsp3) is 0.812. The Hall–Kier alpha value is -1.34. The highest BCUT2D eigenvalue weighted by molar-refractivity contribution is 5.29. The summed E-state index contributed by atoms with van der Waals surface area (Å²) in [5, 5.41) is 9.18. The lowest BCUT2D eigenvalue weighted by Gasteiger charge is -2.33. The molecule has 2 rings (SSSR count). The molecule has 2 fully saturated rings. The quantitative estimate of drug-likeness (QED) is 0.495. The van der Waals surface area contributed by atoms with Gasteiger partial charge in [0.2, 0.25) is 0 Å². The second-order valence-corrected chi connectivity index (χ2v) is 6.45. The van der Waals surface area contributed by atoms with Gasteiger partial charge in [-0.2, -0.15) is 31.6 Å². The maximum Gasteiger partial charge on any atom is 0.431 e. The van der Waals surface area contributed by atoms with Crippen molar-refractivity contribution >= 4 is 0 Å². The predicted octanol–water partition coefficient (Wildman–Crippen LogP) is 5.13. The van der Waals surface area contributed by atoms with Gasteiger partial charge in [-0.05, 0) is 25.7 Å². The molecule has 1 aliphatic heterocycles. The van der Waals surface area contributed by atoms with Crippen molar-refractivity contribution in [3.63, 3.8) is 0 Å². The minimum absolute atomic E-state index is 0.115. The second kappa shape index (κ2) is 7.35. The highest BCUT2D eigenvalue weighted by atomic mass is 19.4. The summed E-state index contributed by atoms with van der Waals surface area (Å²) in [5.74, 6) is -0.704. The molecular weight excluding hydrogens is 371 g/mol. The molecule has 0 bridgehead atoms. The molecule has 148 valence electrons. The van der Waals surface area contributed by atoms with Crippen LogP contribution in [0.5, 0.6) is 0 Å². The first-order valence-corrected chi connectivity index (χ1v) is 8.15. The van der Waals surface area contributed by atoms with Gasteiger partial charge in [-0.15, -0.1) is 0 Å². The van der Waals surface area contributed by atoms with E-state index in [0.717, 1.165) is 0 Å². The Bertz CT molecular complexity index is 557. The number of rotatable bonds is 4. The van der Waals surface area contributed by atoms with E-state index in [9.17, 15) is 36.0 Å². The summed E-state index contributed by atoms with van der Waals surface area (Å²) < 4.78 is 99.8. The Morgan fingerprint density at radius 3 is 1.88 bits per heavy atom. The highest BCUT2D eigenvalue weighted by Crippen LogP contribution is 2.49. The van der Waals surface area contributed by atoms with Crippen molar-refractivity contribution < 1.29 is 40.2 Å². The third-order valence-electron chi connectivity index (χ3n) is 4.84. The van der Waals surface area contributed by atoms with Crippen LogP contribution >= 0.6 is 0 Å². The first-order chi connectivity index (χ1) is 11.9. The summed E-state index contributed by atoms with van der Waals surface area (Å²) in [6, 6.07) is 1.83. The molecule has 10 heteroatoms. The molecule has 0 aromatic heterocycles. The van der Waals surface area contributed by atoms with Gasteiger partial charge in [0.1, 0.15) is 0 Å². The minimum Gasteiger partial charge on any atom is -0.348 e. The molecule has 0 aromatic rings. The molecule has 3 nitrogen and oxygen atoms in total. The molecule has 0 atom stereocenters. The van der Waals surface area contributed by atoms with Gasteiger partial charge >= 0.3 is 12.4 Å². The normalized spacial score (nSPS) is 21.1. The van der Waals surface area contributed by atoms with E-state index in [0.29, 0.717) is 44.5 Å². The number of halogens is 7. The zero-order chi connectivity index (χ0) is 19.6. The van der Waals surface area contributed by atoms with Crippen molar-refractivity contribution in [3.05, 3.63) is 11.1 Å². The molecule has 0 unspecified atom stereocenters. The summed E-state index contributed by atoms with van der Waals surface area (Å²) in [4.78, 5) is 0. The van der Waals surface area contributed by atoms with Crippen LogP contribution in [0, 0.1) is 11.3 Å². The van der Waals surface area contributed by atoms with Gasteiger partial charge in [0, 0.05) is 24.8 Å². The smallest absolute Gasteiger partial charge is 0.348 e. The van der Waals surface area contributed by atoms with E-state index in [2.05, 4.69) is 0 Å². The van der Waals surface area contributed by atoms with E-state index in [-0.39, 0.29) is 12.0 Å². The topological polar surface area (TPSA) is 42.2 Å². The average Bonchev–Trinajstić information content (AvgIpc) is 2.98. The van der Waals surface area contributed by atoms with Crippen LogP contribution in [0.1, 0.15) is 44.9 Å². The average molecular weight is 389 g/mol. The van der Waals surface area contributed by atoms with Gasteiger partial charge < -0.3 is 9.47 Å². The Morgan fingerprint density at radius 2 is 1.46 bits per heavy atom. The summed E-state index contributed by atoms with van der Waals surface area (Å²) in [6.45, 7) is 0.912. The van der Waals surface area contributed by atoms with Gasteiger partial charge in [0.15, 0.2) is 5.79 Å². The Labute approximate surface area is 145 Å². The number of hydrogen-bond acceptors (Lipinski definition) is 3. The number of nitrogens with zero attached hydrogens (tertiary/aromatic N) is 1. The Morgan fingerprint density at radius 1 is 0.962 bits per heavy atom. The summed E-state index contributed by atoms with van der Waals surface area (Å²) in [7, 11) is 0.